The van der Waals surface area contributed by atoms with Gasteiger partial charge >= 0.3 is 0 Å². The third-order valence-electron chi connectivity index (χ3n) is 3.43. The smallest absolute Gasteiger partial charge is 0.200 e. The zero-order chi connectivity index (χ0) is 14.5. The van der Waals surface area contributed by atoms with E-state index in [4.69, 9.17) is 0 Å². The van der Waals surface area contributed by atoms with Crippen LogP contribution >= 0.6 is 0 Å². The van der Waals surface area contributed by atoms with E-state index in [-0.39, 0.29) is 11.5 Å². The van der Waals surface area contributed by atoms with E-state index in [1.807, 2.05) is 12.1 Å². The van der Waals surface area contributed by atoms with Crippen molar-refractivity contribution < 1.29 is 15.3 Å². The number of phenols is 3. The van der Waals surface area contributed by atoms with Gasteiger partial charge in [-0.05, 0) is 41.7 Å². The molecule has 0 amide bonds. The van der Waals surface area contributed by atoms with Crippen molar-refractivity contribution in [3.63, 3.8) is 0 Å². The van der Waals surface area contributed by atoms with Crippen LogP contribution in [0.2, 0.25) is 0 Å². The summed E-state index contributed by atoms with van der Waals surface area (Å²) in [4.78, 5) is 0. The SMILES string of the molecule is CCCCCc1ccc(-c2cc(O)c(O)c(O)c2)cc1. The average Bonchev–Trinajstić information content (AvgIpc) is 2.45. The number of aromatic hydroxyl groups is 3. The minimum Gasteiger partial charge on any atom is -0.504 e. The van der Waals surface area contributed by atoms with Crippen LogP contribution in [-0.2, 0) is 6.42 Å². The Hall–Kier alpha value is -2.16. The first kappa shape index (κ1) is 14.3. The zero-order valence-electron chi connectivity index (χ0n) is 11.6. The van der Waals surface area contributed by atoms with Crippen LogP contribution in [0.4, 0.5) is 0 Å². The van der Waals surface area contributed by atoms with E-state index in [1.165, 1.54) is 37.0 Å². The molecule has 3 nitrogen and oxygen atoms in total. The highest BCUT2D eigenvalue weighted by molar-refractivity contribution is 5.70. The molecule has 2 rings (SSSR count). The van der Waals surface area contributed by atoms with Gasteiger partial charge in [0, 0.05) is 0 Å². The summed E-state index contributed by atoms with van der Waals surface area (Å²) in [6.07, 6.45) is 4.71. The zero-order valence-corrected chi connectivity index (χ0v) is 11.6. The normalized spacial score (nSPS) is 10.7. The van der Waals surface area contributed by atoms with E-state index in [1.54, 1.807) is 0 Å². The van der Waals surface area contributed by atoms with E-state index >= 15 is 0 Å². The second kappa shape index (κ2) is 6.33. The molecule has 20 heavy (non-hydrogen) atoms. The van der Waals surface area contributed by atoms with Crippen LogP contribution in [-0.4, -0.2) is 15.3 Å². The molecule has 0 spiro atoms. The highest BCUT2D eigenvalue weighted by Crippen LogP contribution is 2.38. The first-order chi connectivity index (χ1) is 9.61. The molecule has 106 valence electrons. The maximum absolute atomic E-state index is 9.53. The molecule has 2 aromatic rings. The van der Waals surface area contributed by atoms with Crippen molar-refractivity contribution in [1.29, 1.82) is 0 Å². The molecule has 0 heterocycles. The molecule has 0 aromatic heterocycles. The summed E-state index contributed by atoms with van der Waals surface area (Å²) in [7, 11) is 0. The van der Waals surface area contributed by atoms with Crippen molar-refractivity contribution in [2.24, 2.45) is 0 Å². The van der Waals surface area contributed by atoms with Crippen LogP contribution in [0.1, 0.15) is 31.7 Å². The molecule has 0 radical (unpaired) electrons. The lowest BCUT2D eigenvalue weighted by molar-refractivity contribution is 0.368. The summed E-state index contributed by atoms with van der Waals surface area (Å²) in [5.41, 5.74) is 2.86. The molecule has 0 aliphatic heterocycles. The van der Waals surface area contributed by atoms with Gasteiger partial charge in [-0.1, -0.05) is 44.0 Å². The van der Waals surface area contributed by atoms with Crippen LogP contribution < -0.4 is 0 Å². The van der Waals surface area contributed by atoms with Gasteiger partial charge in [-0.15, -0.1) is 0 Å². The molecule has 0 atom stereocenters. The fourth-order valence-corrected chi connectivity index (χ4v) is 2.21. The van der Waals surface area contributed by atoms with E-state index in [0.717, 1.165) is 12.0 Å². The van der Waals surface area contributed by atoms with Gasteiger partial charge in [0.1, 0.15) is 0 Å². The van der Waals surface area contributed by atoms with Gasteiger partial charge in [0.15, 0.2) is 17.2 Å². The summed E-state index contributed by atoms with van der Waals surface area (Å²) in [6, 6.07) is 10.9. The van der Waals surface area contributed by atoms with Gasteiger partial charge in [-0.2, -0.15) is 0 Å². The third kappa shape index (κ3) is 3.23. The molecule has 0 aliphatic carbocycles. The Bertz CT molecular complexity index is 550. The lowest BCUT2D eigenvalue weighted by Gasteiger charge is -2.07. The van der Waals surface area contributed by atoms with Crippen molar-refractivity contribution >= 4 is 0 Å². The number of unbranched alkanes of at least 4 members (excludes halogenated alkanes) is 2. The largest absolute Gasteiger partial charge is 0.504 e. The molecule has 0 fully saturated rings. The second-order valence-electron chi connectivity index (χ2n) is 5.02. The predicted octanol–water partition coefficient (Wildman–Crippen LogP) is 4.20. The maximum atomic E-state index is 9.53. The Morgan fingerprint density at radius 1 is 0.800 bits per heavy atom. The predicted molar refractivity (Wildman–Crippen MR) is 80.1 cm³/mol. The summed E-state index contributed by atoms with van der Waals surface area (Å²) in [6.45, 7) is 2.19. The first-order valence-corrected chi connectivity index (χ1v) is 6.96. The summed E-state index contributed by atoms with van der Waals surface area (Å²) in [5.74, 6) is -1.11. The van der Waals surface area contributed by atoms with E-state index in [2.05, 4.69) is 19.1 Å². The van der Waals surface area contributed by atoms with E-state index in [9.17, 15) is 15.3 Å². The molecule has 2 aromatic carbocycles. The van der Waals surface area contributed by atoms with Gasteiger partial charge in [-0.25, -0.2) is 0 Å². The standard InChI is InChI=1S/C17H20O3/c1-2-3-4-5-12-6-8-13(9-7-12)14-10-15(18)17(20)16(19)11-14/h6-11,18-20H,2-5H2,1H3. The van der Waals surface area contributed by atoms with Gasteiger partial charge in [-0.3, -0.25) is 0 Å². The van der Waals surface area contributed by atoms with Gasteiger partial charge < -0.3 is 15.3 Å². The Balaban J connectivity index is 2.17. The lowest BCUT2D eigenvalue weighted by Crippen LogP contribution is -1.86. The molecule has 0 bridgehead atoms. The number of benzene rings is 2. The van der Waals surface area contributed by atoms with Crippen LogP contribution in [0.5, 0.6) is 17.2 Å². The summed E-state index contributed by atoms with van der Waals surface area (Å²) in [5, 5.41) is 28.4. The van der Waals surface area contributed by atoms with Crippen LogP contribution in [0.15, 0.2) is 36.4 Å². The van der Waals surface area contributed by atoms with Gasteiger partial charge in [0.25, 0.3) is 0 Å². The van der Waals surface area contributed by atoms with Crippen LogP contribution in [0.3, 0.4) is 0 Å². The summed E-state index contributed by atoms with van der Waals surface area (Å²) >= 11 is 0. The summed E-state index contributed by atoms with van der Waals surface area (Å²) < 4.78 is 0. The molecule has 0 saturated carbocycles. The van der Waals surface area contributed by atoms with Gasteiger partial charge in [0.05, 0.1) is 0 Å². The maximum Gasteiger partial charge on any atom is 0.200 e. The highest BCUT2D eigenvalue weighted by atomic mass is 16.3. The van der Waals surface area contributed by atoms with E-state index < -0.39 is 5.75 Å². The number of rotatable bonds is 5. The molecule has 0 aliphatic rings. The monoisotopic (exact) mass is 272 g/mol. The second-order valence-corrected chi connectivity index (χ2v) is 5.02. The van der Waals surface area contributed by atoms with E-state index in [0.29, 0.717) is 5.56 Å². The molecule has 0 saturated heterocycles. The Labute approximate surface area is 119 Å². The molecular formula is C17H20O3. The number of hydrogen-bond donors (Lipinski definition) is 3. The Morgan fingerprint density at radius 3 is 1.95 bits per heavy atom. The topological polar surface area (TPSA) is 60.7 Å². The lowest BCUT2D eigenvalue weighted by atomic mass is 10.0. The fraction of sp³-hybridized carbons (Fsp3) is 0.294. The first-order valence-electron chi connectivity index (χ1n) is 6.96. The quantitative estimate of drug-likeness (QED) is 0.564. The third-order valence-corrected chi connectivity index (χ3v) is 3.43. The van der Waals surface area contributed by atoms with Crippen molar-refractivity contribution in [2.75, 3.05) is 0 Å². The number of phenolic OH excluding ortho intramolecular Hbond substituents is 3. The molecule has 3 heteroatoms. The highest BCUT2D eigenvalue weighted by Gasteiger charge is 2.09. The molecule has 3 N–H and O–H groups in total. The average molecular weight is 272 g/mol. The minimum atomic E-state index is -0.482. The number of aryl methyl sites for hydroxylation is 1. The van der Waals surface area contributed by atoms with Crippen molar-refractivity contribution in [1.82, 2.24) is 0 Å². The van der Waals surface area contributed by atoms with Crippen molar-refractivity contribution in [2.45, 2.75) is 32.6 Å². The van der Waals surface area contributed by atoms with Crippen LogP contribution in [0, 0.1) is 0 Å². The number of hydrogen-bond acceptors (Lipinski definition) is 3. The minimum absolute atomic E-state index is 0.313. The fourth-order valence-electron chi connectivity index (χ4n) is 2.21. The molecule has 0 unspecified atom stereocenters. The Kier molecular flexibility index (Phi) is 4.51. The van der Waals surface area contributed by atoms with Gasteiger partial charge in [0.2, 0.25) is 0 Å². The molecular weight excluding hydrogens is 252 g/mol. The van der Waals surface area contributed by atoms with Crippen LogP contribution in [0.25, 0.3) is 11.1 Å². The van der Waals surface area contributed by atoms with Crippen molar-refractivity contribution in [3.8, 4) is 28.4 Å². The van der Waals surface area contributed by atoms with Crippen molar-refractivity contribution in [3.05, 3.63) is 42.0 Å². The Morgan fingerprint density at radius 2 is 1.40 bits per heavy atom.